The van der Waals surface area contributed by atoms with E-state index in [1.165, 1.54) is 151 Å². The molecule has 12 aromatic carbocycles. The Morgan fingerprint density at radius 3 is 0.981 bits per heavy atom. The maximum absolute atomic E-state index is 2.64. The van der Waals surface area contributed by atoms with Crippen LogP contribution in [0, 0.1) is 0 Å². The van der Waals surface area contributed by atoms with E-state index in [0.717, 1.165) is 39.7 Å². The van der Waals surface area contributed by atoms with Crippen molar-refractivity contribution in [2.24, 2.45) is 0 Å². The van der Waals surface area contributed by atoms with Crippen molar-refractivity contribution in [3.05, 3.63) is 282 Å². The molecule has 0 spiro atoms. The zero-order valence-corrected chi connectivity index (χ0v) is 65.4. The Balaban J connectivity index is 0.958. The molecule has 105 heavy (non-hydrogen) atoms. The molecular formula is C100H101BN4. The van der Waals surface area contributed by atoms with Crippen LogP contribution in [0.25, 0.3) is 88.4 Å². The van der Waals surface area contributed by atoms with Gasteiger partial charge in [0.05, 0.1) is 22.1 Å². The Bertz CT molecular complexity index is 5700. The van der Waals surface area contributed by atoms with Gasteiger partial charge in [0, 0.05) is 67.0 Å². The first-order valence-electron chi connectivity index (χ1n) is 38.5. The predicted octanol–water partition coefficient (Wildman–Crippen LogP) is 25.8. The Labute approximate surface area is 624 Å². The third kappa shape index (κ3) is 11.4. The zero-order chi connectivity index (χ0) is 73.6. The van der Waals surface area contributed by atoms with E-state index >= 15 is 0 Å². The molecule has 0 saturated heterocycles. The highest BCUT2D eigenvalue weighted by Gasteiger charge is 2.45. The highest BCUT2D eigenvalue weighted by molar-refractivity contribution is 7.00. The maximum Gasteiger partial charge on any atom is 0.252 e. The second kappa shape index (κ2) is 23.7. The second-order valence-corrected chi connectivity index (χ2v) is 37.4. The lowest BCUT2D eigenvalue weighted by molar-refractivity contribution is 0.332. The molecule has 3 aliphatic rings. The van der Waals surface area contributed by atoms with Gasteiger partial charge in [-0.25, -0.2) is 0 Å². The third-order valence-corrected chi connectivity index (χ3v) is 24.2. The Morgan fingerprint density at radius 1 is 0.267 bits per heavy atom. The number of hydrogen-bond donors (Lipinski definition) is 0. The summed E-state index contributed by atoms with van der Waals surface area (Å²) < 4.78 is 5.11. The van der Waals surface area contributed by atoms with Gasteiger partial charge in [0.2, 0.25) is 0 Å². The summed E-state index contributed by atoms with van der Waals surface area (Å²) in [7, 11) is 0. The minimum atomic E-state index is -0.164. The number of nitrogens with zero attached hydrogens (tertiary/aromatic N) is 4. The highest BCUT2D eigenvalue weighted by atomic mass is 15.2. The van der Waals surface area contributed by atoms with Crippen molar-refractivity contribution >= 4 is 101 Å². The van der Waals surface area contributed by atoms with Crippen LogP contribution >= 0.6 is 0 Å². The van der Waals surface area contributed by atoms with Gasteiger partial charge in [-0.05, 0) is 249 Å². The zero-order valence-electron chi connectivity index (χ0n) is 65.4. The number of fused-ring (bicyclic) bond motifs is 11. The van der Waals surface area contributed by atoms with Gasteiger partial charge in [-0.2, -0.15) is 0 Å². The van der Waals surface area contributed by atoms with Crippen molar-refractivity contribution < 1.29 is 0 Å². The maximum atomic E-state index is 2.64. The Morgan fingerprint density at radius 2 is 0.590 bits per heavy atom. The quantitative estimate of drug-likeness (QED) is 0.148. The molecule has 5 heteroatoms. The largest absolute Gasteiger partial charge is 0.311 e. The lowest BCUT2D eigenvalue weighted by Crippen LogP contribution is -2.61. The van der Waals surface area contributed by atoms with Crippen LogP contribution in [0.2, 0.25) is 0 Å². The van der Waals surface area contributed by atoms with Crippen molar-refractivity contribution in [1.29, 1.82) is 0 Å². The molecule has 17 rings (SSSR count). The van der Waals surface area contributed by atoms with E-state index in [9.17, 15) is 0 Å². The van der Waals surface area contributed by atoms with Gasteiger partial charge >= 0.3 is 0 Å². The van der Waals surface area contributed by atoms with Crippen LogP contribution in [0.5, 0.6) is 0 Å². The molecule has 1 aliphatic carbocycles. The first-order valence-corrected chi connectivity index (χ1v) is 38.5. The molecule has 2 aromatic heterocycles. The van der Waals surface area contributed by atoms with E-state index in [-0.39, 0.29) is 44.6 Å². The minimum Gasteiger partial charge on any atom is -0.311 e. The molecular weight excluding hydrogens is 1270 g/mol. The van der Waals surface area contributed by atoms with Crippen LogP contribution in [0.4, 0.5) is 34.1 Å². The van der Waals surface area contributed by atoms with Gasteiger partial charge in [0.25, 0.3) is 6.71 Å². The molecule has 0 N–H and O–H groups in total. The van der Waals surface area contributed by atoms with Gasteiger partial charge in [-0.15, -0.1) is 0 Å². The smallest absolute Gasteiger partial charge is 0.252 e. The van der Waals surface area contributed by atoms with Crippen molar-refractivity contribution in [1.82, 2.24) is 9.13 Å². The summed E-state index contributed by atoms with van der Waals surface area (Å²) >= 11 is 0. The molecule has 2 aliphatic heterocycles. The number of hydrogen-bond acceptors (Lipinski definition) is 2. The normalized spacial score (nSPS) is 15.0. The molecule has 524 valence electrons. The fraction of sp³-hybridized carbons (Fsp3) is 0.280. The third-order valence-electron chi connectivity index (χ3n) is 24.2. The van der Waals surface area contributed by atoms with Crippen LogP contribution < -0.4 is 26.2 Å². The van der Waals surface area contributed by atoms with Crippen LogP contribution in [0.3, 0.4) is 0 Å². The molecule has 0 bridgehead atoms. The number of rotatable bonds is 7. The van der Waals surface area contributed by atoms with Gasteiger partial charge < -0.3 is 18.9 Å². The Hall–Kier alpha value is -10.1. The van der Waals surface area contributed by atoms with E-state index in [4.69, 9.17) is 0 Å². The van der Waals surface area contributed by atoms with Crippen molar-refractivity contribution in [2.45, 2.75) is 182 Å². The van der Waals surface area contributed by atoms with Crippen molar-refractivity contribution in [2.75, 3.05) is 9.80 Å². The van der Waals surface area contributed by atoms with E-state index in [2.05, 4.69) is 393 Å². The Kier molecular flexibility index (Phi) is 15.4. The van der Waals surface area contributed by atoms with Crippen molar-refractivity contribution in [3.8, 4) is 44.8 Å². The summed E-state index contributed by atoms with van der Waals surface area (Å²) in [6, 6.07) is 95.5. The molecule has 0 unspecified atom stereocenters. The van der Waals surface area contributed by atoms with Gasteiger partial charge in [-0.1, -0.05) is 265 Å². The summed E-state index contributed by atoms with van der Waals surface area (Å²) in [5.74, 6) is 0. The summed E-state index contributed by atoms with van der Waals surface area (Å²) in [5.41, 5.74) is 34.6. The first kappa shape index (κ1) is 68.0. The van der Waals surface area contributed by atoms with E-state index in [0.29, 0.717) is 0 Å². The molecule has 0 amide bonds. The highest BCUT2D eigenvalue weighted by Crippen LogP contribution is 2.51. The first-order chi connectivity index (χ1) is 49.7. The molecule has 14 aromatic rings. The molecule has 0 atom stereocenters. The summed E-state index contributed by atoms with van der Waals surface area (Å²) in [4.78, 5) is 5.26. The molecule has 4 nitrogen and oxygen atoms in total. The number of aromatic nitrogens is 2. The molecule has 0 radical (unpaired) electrons. The average molecular weight is 1370 g/mol. The van der Waals surface area contributed by atoms with Crippen LogP contribution in [0.15, 0.2) is 243 Å². The number of anilines is 6. The number of benzene rings is 12. The second-order valence-electron chi connectivity index (χ2n) is 37.4. The van der Waals surface area contributed by atoms with Crippen molar-refractivity contribution in [3.63, 3.8) is 0 Å². The monoisotopic (exact) mass is 1370 g/mol. The fourth-order valence-corrected chi connectivity index (χ4v) is 17.6. The predicted molar refractivity (Wildman–Crippen MR) is 454 cm³/mol. The van der Waals surface area contributed by atoms with Crippen LogP contribution in [-0.4, -0.2) is 15.8 Å². The van der Waals surface area contributed by atoms with Crippen LogP contribution in [0.1, 0.15) is 183 Å². The lowest BCUT2D eigenvalue weighted by atomic mass is 9.33. The van der Waals surface area contributed by atoms with Gasteiger partial charge in [0.1, 0.15) is 0 Å². The SMILES string of the molecule is CC(C)(C)c1ccc(-c2cc3c4c(c2)N(c2ccc(-c5ccc6c(c5)C(C)(C)CCC6(C)C)cc2)c2cc(-n5c6ccc(C(C)(C)C)cc6c6cc(C(C)(C)C)ccc65)ccc2B4c2ccc(-n4c5ccc(C(C)(C)C)cc5c5cc(C(C)(C)C)ccc54)cc2N3c2ccc(-c3ccccc3)cc2)cc1. The topological polar surface area (TPSA) is 16.3 Å². The minimum absolute atomic E-state index is 0.0196. The average Bonchev–Trinajstić information content (AvgIpc) is 0.871. The molecule has 0 fully saturated rings. The fourth-order valence-electron chi connectivity index (χ4n) is 17.6. The van der Waals surface area contributed by atoms with E-state index in [1.54, 1.807) is 0 Å². The summed E-state index contributed by atoms with van der Waals surface area (Å²) in [6.45, 7) is 44.5. The molecule has 4 heterocycles. The van der Waals surface area contributed by atoms with Gasteiger partial charge in [-0.3, -0.25) is 0 Å². The van der Waals surface area contributed by atoms with E-state index < -0.39 is 0 Å². The standard InChI is InChI=1S/C100H101BN4/c1-94(2,3)68-32-25-65(26-33-68)67-54-91-93-92(55-67)103(74-40-29-64(30-41-74)66-31-44-81-82(53-66)100(18,19)52-51-99(81,16)17)90-61-76(105-87-49-36-71(97(10,11)12)58-79(87)80-59-72(98(13,14)15)37-50-88(80)105)43-46-84(90)101(93)83-45-42-75(60-89(83)102(91)73-38-27-63(28-39-73)62-23-21-20-22-24-62)104-85-47-34-69(95(4,5)6)56-77(85)78-57-70(96(7,8)9)35-48-86(78)104/h20-50,53-61H,51-52H2,1-19H3. The van der Waals surface area contributed by atoms with E-state index in [1.807, 2.05) is 0 Å². The lowest BCUT2D eigenvalue weighted by Gasteiger charge is -2.44. The summed E-state index contributed by atoms with van der Waals surface area (Å²) in [5, 5.41) is 5.11. The summed E-state index contributed by atoms with van der Waals surface area (Å²) in [6.07, 6.45) is 2.36. The van der Waals surface area contributed by atoms with Crippen LogP contribution in [-0.2, 0) is 37.9 Å². The van der Waals surface area contributed by atoms with Gasteiger partial charge in [0.15, 0.2) is 0 Å². The molecule has 0 saturated carbocycles.